The summed E-state index contributed by atoms with van der Waals surface area (Å²) in [4.78, 5) is 4.20. The Hall–Kier alpha value is -1.71. The largest absolute Gasteiger partial charge is 0.375 e. The van der Waals surface area contributed by atoms with E-state index in [2.05, 4.69) is 4.98 Å². The van der Waals surface area contributed by atoms with Gasteiger partial charge in [0.25, 0.3) is 0 Å². The molecule has 0 saturated carbocycles. The number of nitrogens with two attached hydrogens (primary N) is 1. The zero-order valence-corrected chi connectivity index (χ0v) is 9.62. The standard InChI is InChI=1S/C14H16N2O/c15-13(14-8-4-5-9-16-14)11-17-10-12-6-2-1-3-7-12/h1-9,13H,10-11,15H2. The summed E-state index contributed by atoms with van der Waals surface area (Å²) >= 11 is 0. The maximum absolute atomic E-state index is 5.97. The van der Waals surface area contributed by atoms with E-state index in [0.717, 1.165) is 11.3 Å². The van der Waals surface area contributed by atoms with Crippen LogP contribution >= 0.6 is 0 Å². The van der Waals surface area contributed by atoms with Gasteiger partial charge in [-0.15, -0.1) is 0 Å². The molecular weight excluding hydrogens is 212 g/mol. The molecule has 17 heavy (non-hydrogen) atoms. The fraction of sp³-hybridized carbons (Fsp3) is 0.214. The first-order valence-corrected chi connectivity index (χ1v) is 5.64. The van der Waals surface area contributed by atoms with E-state index in [1.54, 1.807) is 6.20 Å². The van der Waals surface area contributed by atoms with Crippen molar-refractivity contribution in [1.82, 2.24) is 4.98 Å². The van der Waals surface area contributed by atoms with E-state index in [1.165, 1.54) is 0 Å². The molecule has 1 aromatic heterocycles. The molecule has 2 N–H and O–H groups in total. The van der Waals surface area contributed by atoms with Crippen LogP contribution in [0.25, 0.3) is 0 Å². The average molecular weight is 228 g/mol. The summed E-state index contributed by atoms with van der Waals surface area (Å²) in [6.45, 7) is 1.06. The maximum atomic E-state index is 5.97. The van der Waals surface area contributed by atoms with Gasteiger partial charge in [0.2, 0.25) is 0 Å². The maximum Gasteiger partial charge on any atom is 0.0717 e. The van der Waals surface area contributed by atoms with Crippen LogP contribution in [0.15, 0.2) is 54.7 Å². The second-order valence-corrected chi connectivity index (χ2v) is 3.86. The number of benzene rings is 1. The van der Waals surface area contributed by atoms with Crippen LogP contribution in [0.5, 0.6) is 0 Å². The first kappa shape index (κ1) is 11.8. The van der Waals surface area contributed by atoms with E-state index in [9.17, 15) is 0 Å². The number of pyridine rings is 1. The van der Waals surface area contributed by atoms with E-state index in [-0.39, 0.29) is 6.04 Å². The van der Waals surface area contributed by atoms with Crippen molar-refractivity contribution in [3.05, 3.63) is 66.0 Å². The lowest BCUT2D eigenvalue weighted by atomic mass is 10.2. The van der Waals surface area contributed by atoms with Gasteiger partial charge in [0.15, 0.2) is 0 Å². The number of ether oxygens (including phenoxy) is 1. The van der Waals surface area contributed by atoms with Gasteiger partial charge in [-0.1, -0.05) is 36.4 Å². The second kappa shape index (κ2) is 6.13. The monoisotopic (exact) mass is 228 g/mol. The highest BCUT2D eigenvalue weighted by atomic mass is 16.5. The molecule has 88 valence electrons. The van der Waals surface area contributed by atoms with Gasteiger partial charge in [0, 0.05) is 6.20 Å². The van der Waals surface area contributed by atoms with Crippen LogP contribution in [0.4, 0.5) is 0 Å². The molecule has 1 atom stereocenters. The summed E-state index contributed by atoms with van der Waals surface area (Å²) < 4.78 is 5.57. The highest BCUT2D eigenvalue weighted by Crippen LogP contribution is 2.08. The lowest BCUT2D eigenvalue weighted by Crippen LogP contribution is -2.18. The molecule has 1 aromatic carbocycles. The van der Waals surface area contributed by atoms with Gasteiger partial charge in [0.05, 0.1) is 24.9 Å². The molecule has 1 unspecified atom stereocenters. The summed E-state index contributed by atoms with van der Waals surface area (Å²) in [6, 6.07) is 15.6. The summed E-state index contributed by atoms with van der Waals surface area (Å²) in [7, 11) is 0. The topological polar surface area (TPSA) is 48.1 Å². The van der Waals surface area contributed by atoms with Gasteiger partial charge in [-0.25, -0.2) is 0 Å². The first-order chi connectivity index (χ1) is 8.36. The third-order valence-electron chi connectivity index (χ3n) is 2.48. The highest BCUT2D eigenvalue weighted by Gasteiger charge is 2.06. The quantitative estimate of drug-likeness (QED) is 0.854. The van der Waals surface area contributed by atoms with Crippen LogP contribution in [0.1, 0.15) is 17.3 Å². The molecule has 0 aliphatic heterocycles. The minimum atomic E-state index is -0.167. The number of rotatable bonds is 5. The van der Waals surface area contributed by atoms with Gasteiger partial charge in [0.1, 0.15) is 0 Å². The van der Waals surface area contributed by atoms with Crippen molar-refractivity contribution < 1.29 is 4.74 Å². The summed E-state index contributed by atoms with van der Waals surface area (Å²) in [5.74, 6) is 0. The number of aromatic nitrogens is 1. The lowest BCUT2D eigenvalue weighted by molar-refractivity contribution is 0.107. The molecular formula is C14H16N2O. The minimum absolute atomic E-state index is 0.167. The van der Waals surface area contributed by atoms with Gasteiger partial charge in [-0.2, -0.15) is 0 Å². The van der Waals surface area contributed by atoms with Crippen LogP contribution in [0.3, 0.4) is 0 Å². The van der Waals surface area contributed by atoms with E-state index >= 15 is 0 Å². The van der Waals surface area contributed by atoms with E-state index in [0.29, 0.717) is 13.2 Å². The third kappa shape index (κ3) is 3.66. The van der Waals surface area contributed by atoms with Gasteiger partial charge >= 0.3 is 0 Å². The van der Waals surface area contributed by atoms with Crippen LogP contribution in [-0.4, -0.2) is 11.6 Å². The number of hydrogen-bond donors (Lipinski definition) is 1. The molecule has 2 aromatic rings. The molecule has 3 nitrogen and oxygen atoms in total. The molecule has 1 heterocycles. The Morgan fingerprint density at radius 3 is 2.53 bits per heavy atom. The van der Waals surface area contributed by atoms with Crippen molar-refractivity contribution in [2.75, 3.05) is 6.61 Å². The van der Waals surface area contributed by atoms with Crippen molar-refractivity contribution >= 4 is 0 Å². The van der Waals surface area contributed by atoms with Crippen LogP contribution in [0, 0.1) is 0 Å². The minimum Gasteiger partial charge on any atom is -0.375 e. The molecule has 0 spiro atoms. The number of hydrogen-bond acceptors (Lipinski definition) is 3. The molecule has 0 aliphatic rings. The van der Waals surface area contributed by atoms with Crippen LogP contribution < -0.4 is 5.73 Å². The fourth-order valence-corrected chi connectivity index (χ4v) is 1.56. The van der Waals surface area contributed by atoms with Crippen molar-refractivity contribution in [1.29, 1.82) is 0 Å². The normalized spacial score (nSPS) is 12.3. The van der Waals surface area contributed by atoms with E-state index < -0.39 is 0 Å². The Kier molecular flexibility index (Phi) is 4.24. The highest BCUT2D eigenvalue weighted by molar-refractivity contribution is 5.13. The van der Waals surface area contributed by atoms with Crippen LogP contribution in [0.2, 0.25) is 0 Å². The fourth-order valence-electron chi connectivity index (χ4n) is 1.56. The van der Waals surface area contributed by atoms with Crippen molar-refractivity contribution in [3.8, 4) is 0 Å². The Morgan fingerprint density at radius 2 is 1.82 bits per heavy atom. The van der Waals surface area contributed by atoms with Crippen molar-refractivity contribution in [3.63, 3.8) is 0 Å². The van der Waals surface area contributed by atoms with Gasteiger partial charge in [-0.3, -0.25) is 4.98 Å². The summed E-state index contributed by atoms with van der Waals surface area (Å²) in [5, 5.41) is 0. The van der Waals surface area contributed by atoms with Gasteiger partial charge < -0.3 is 10.5 Å². The van der Waals surface area contributed by atoms with Crippen LogP contribution in [-0.2, 0) is 11.3 Å². The molecule has 0 saturated heterocycles. The second-order valence-electron chi connectivity index (χ2n) is 3.86. The average Bonchev–Trinajstić information content (AvgIpc) is 2.41. The zero-order valence-electron chi connectivity index (χ0n) is 9.62. The third-order valence-corrected chi connectivity index (χ3v) is 2.48. The van der Waals surface area contributed by atoms with E-state index in [4.69, 9.17) is 10.5 Å². The smallest absolute Gasteiger partial charge is 0.0717 e. The molecule has 0 fully saturated rings. The zero-order chi connectivity index (χ0) is 11.9. The molecule has 2 rings (SSSR count). The summed E-state index contributed by atoms with van der Waals surface area (Å²) in [6.07, 6.45) is 1.74. The molecule has 0 aliphatic carbocycles. The van der Waals surface area contributed by atoms with Crippen molar-refractivity contribution in [2.45, 2.75) is 12.6 Å². The summed E-state index contributed by atoms with van der Waals surface area (Å²) in [5.41, 5.74) is 7.99. The first-order valence-electron chi connectivity index (χ1n) is 5.64. The van der Waals surface area contributed by atoms with Gasteiger partial charge in [-0.05, 0) is 17.7 Å². The Labute approximate surface area is 101 Å². The number of nitrogens with zero attached hydrogens (tertiary/aromatic N) is 1. The SMILES string of the molecule is NC(COCc1ccccc1)c1ccccn1. The Morgan fingerprint density at radius 1 is 1.06 bits per heavy atom. The molecule has 0 radical (unpaired) electrons. The van der Waals surface area contributed by atoms with Crippen molar-refractivity contribution in [2.24, 2.45) is 5.73 Å². The van der Waals surface area contributed by atoms with E-state index in [1.807, 2.05) is 48.5 Å². The lowest BCUT2D eigenvalue weighted by Gasteiger charge is -2.11. The molecule has 0 bridgehead atoms. The predicted octanol–water partition coefficient (Wildman–Crippen LogP) is 2.30. The Balaban J connectivity index is 1.79. The molecule has 3 heteroatoms. The molecule has 0 amide bonds. The predicted molar refractivity (Wildman–Crippen MR) is 67.3 cm³/mol. The Bertz CT molecular complexity index is 430.